The number of carbonyl (C=O) groups excluding carboxylic acids is 3. The maximum Gasteiger partial charge on any atom is 0.306 e. The summed E-state index contributed by atoms with van der Waals surface area (Å²) in [5, 5.41) is 0. The second kappa shape index (κ2) is 64.6. The number of unbranched alkanes of at least 4 members (excludes halogenated alkanes) is 40. The van der Waals surface area contributed by atoms with Gasteiger partial charge in [0.2, 0.25) is 0 Å². The van der Waals surface area contributed by atoms with E-state index in [0.29, 0.717) is 19.3 Å². The van der Waals surface area contributed by atoms with Crippen molar-refractivity contribution in [2.45, 2.75) is 354 Å². The first-order valence-electron chi connectivity index (χ1n) is 33.3. The fourth-order valence-corrected chi connectivity index (χ4v) is 9.77. The van der Waals surface area contributed by atoms with Crippen molar-refractivity contribution in [3.8, 4) is 0 Å². The first kappa shape index (κ1) is 73.1. The molecule has 0 heterocycles. The zero-order valence-electron chi connectivity index (χ0n) is 50.8. The molecular weight excluding hydrogens is 937 g/mol. The minimum atomic E-state index is -0.772. The fraction of sp³-hybridized carbons (Fsp3) is 0.814. The predicted molar refractivity (Wildman–Crippen MR) is 330 cm³/mol. The van der Waals surface area contributed by atoms with E-state index in [-0.39, 0.29) is 31.1 Å². The molecule has 0 N–H and O–H groups in total. The van der Waals surface area contributed by atoms with Gasteiger partial charge in [-0.3, -0.25) is 14.4 Å². The van der Waals surface area contributed by atoms with Crippen LogP contribution in [0.4, 0.5) is 0 Å². The van der Waals surface area contributed by atoms with Crippen molar-refractivity contribution in [2.75, 3.05) is 13.2 Å². The van der Waals surface area contributed by atoms with E-state index in [2.05, 4.69) is 81.5 Å². The van der Waals surface area contributed by atoms with Gasteiger partial charge >= 0.3 is 17.9 Å². The molecule has 0 amide bonds. The van der Waals surface area contributed by atoms with Gasteiger partial charge in [0, 0.05) is 19.3 Å². The van der Waals surface area contributed by atoms with E-state index in [1.54, 1.807) is 0 Å². The van der Waals surface area contributed by atoms with E-state index >= 15 is 0 Å². The lowest BCUT2D eigenvalue weighted by atomic mass is 10.0. The van der Waals surface area contributed by atoms with Crippen LogP contribution in [0.25, 0.3) is 0 Å². The summed E-state index contributed by atoms with van der Waals surface area (Å²) >= 11 is 0. The van der Waals surface area contributed by atoms with Crippen molar-refractivity contribution >= 4 is 17.9 Å². The van der Waals surface area contributed by atoms with Gasteiger partial charge < -0.3 is 14.2 Å². The van der Waals surface area contributed by atoms with Crippen molar-refractivity contribution in [1.82, 2.24) is 0 Å². The topological polar surface area (TPSA) is 78.9 Å². The molecule has 0 aromatic carbocycles. The number of allylic oxidation sites excluding steroid dienone is 10. The van der Waals surface area contributed by atoms with Gasteiger partial charge in [-0.15, -0.1) is 0 Å². The monoisotopic (exact) mass is 1060 g/mol. The highest BCUT2D eigenvalue weighted by Gasteiger charge is 2.19. The molecule has 0 saturated heterocycles. The number of ether oxygens (including phenoxy) is 3. The van der Waals surface area contributed by atoms with Gasteiger partial charge in [-0.05, 0) is 77.0 Å². The van der Waals surface area contributed by atoms with Crippen LogP contribution in [0.15, 0.2) is 60.8 Å². The van der Waals surface area contributed by atoms with Crippen molar-refractivity contribution in [3.05, 3.63) is 60.8 Å². The lowest BCUT2D eigenvalue weighted by Crippen LogP contribution is -2.30. The molecular formula is C70H126O6. The van der Waals surface area contributed by atoms with Crippen LogP contribution in [-0.2, 0) is 28.6 Å². The molecule has 6 nitrogen and oxygen atoms in total. The first-order valence-corrected chi connectivity index (χ1v) is 33.3. The van der Waals surface area contributed by atoms with Gasteiger partial charge in [-0.1, -0.05) is 313 Å². The predicted octanol–water partition coefficient (Wildman–Crippen LogP) is 22.7. The molecule has 0 aliphatic heterocycles. The Bertz CT molecular complexity index is 1360. The van der Waals surface area contributed by atoms with Crippen molar-refractivity contribution in [2.24, 2.45) is 0 Å². The third-order valence-corrected chi connectivity index (χ3v) is 14.8. The van der Waals surface area contributed by atoms with Crippen LogP contribution in [0, 0.1) is 0 Å². The second-order valence-electron chi connectivity index (χ2n) is 22.4. The van der Waals surface area contributed by atoms with Gasteiger partial charge in [-0.25, -0.2) is 0 Å². The van der Waals surface area contributed by atoms with Gasteiger partial charge in [-0.2, -0.15) is 0 Å². The highest BCUT2D eigenvalue weighted by Crippen LogP contribution is 2.18. The molecule has 0 radical (unpaired) electrons. The normalized spacial score (nSPS) is 12.4. The number of carbonyl (C=O) groups is 3. The lowest BCUT2D eigenvalue weighted by Gasteiger charge is -2.18. The summed E-state index contributed by atoms with van der Waals surface area (Å²) in [7, 11) is 0. The summed E-state index contributed by atoms with van der Waals surface area (Å²) in [6.45, 7) is 6.53. The summed E-state index contributed by atoms with van der Waals surface area (Å²) in [5.41, 5.74) is 0. The van der Waals surface area contributed by atoms with Crippen LogP contribution in [0.1, 0.15) is 348 Å². The molecule has 0 rings (SSSR count). The maximum atomic E-state index is 12.9. The SMILES string of the molecule is CC/C=C\C/C=C\C/C=C\C/C=C\CCCCCCCCCCCCCCCCCCCCCCC(=O)OCC(COC(=O)CCCCCCC/C=C\CCCC)OC(=O)CCCCCCCCCCCCCCCC. The zero-order chi connectivity index (χ0) is 55.0. The minimum Gasteiger partial charge on any atom is -0.462 e. The molecule has 442 valence electrons. The van der Waals surface area contributed by atoms with E-state index in [0.717, 1.165) is 89.9 Å². The molecule has 0 aliphatic rings. The van der Waals surface area contributed by atoms with Crippen LogP contribution >= 0.6 is 0 Å². The van der Waals surface area contributed by atoms with Crippen LogP contribution in [-0.4, -0.2) is 37.2 Å². The second-order valence-corrected chi connectivity index (χ2v) is 22.4. The van der Waals surface area contributed by atoms with E-state index in [1.165, 1.54) is 218 Å². The van der Waals surface area contributed by atoms with E-state index in [1.807, 2.05) is 0 Å². The summed E-state index contributed by atoms with van der Waals surface area (Å²) in [5.74, 6) is -0.860. The first-order chi connectivity index (χ1) is 37.5. The molecule has 76 heavy (non-hydrogen) atoms. The fourth-order valence-electron chi connectivity index (χ4n) is 9.77. The van der Waals surface area contributed by atoms with Gasteiger partial charge in [0.1, 0.15) is 13.2 Å². The Hall–Kier alpha value is -2.89. The van der Waals surface area contributed by atoms with Crippen molar-refractivity contribution in [1.29, 1.82) is 0 Å². The van der Waals surface area contributed by atoms with E-state index < -0.39 is 6.10 Å². The number of esters is 3. The van der Waals surface area contributed by atoms with Crippen LogP contribution < -0.4 is 0 Å². The van der Waals surface area contributed by atoms with E-state index in [4.69, 9.17) is 14.2 Å². The standard InChI is InChI=1S/C70H126O6/c1-4-7-10-13-16-19-22-24-26-27-28-29-30-31-32-33-34-35-36-37-38-39-40-41-42-43-44-46-48-51-54-57-60-63-69(72)75-66-67(65-74-68(71)62-59-56-53-50-47-21-18-15-12-9-6-3)76-70(73)64-61-58-55-52-49-45-25-23-20-17-14-11-8-5-2/h7,10,15-16,18-19,24,26,28-29,67H,4-6,8-9,11-14,17,20-23,25,27,30-66H2,1-3H3/b10-7-,18-15-,19-16-,26-24-,29-28-. The number of hydrogen-bond acceptors (Lipinski definition) is 6. The molecule has 0 aliphatic carbocycles. The number of rotatable bonds is 61. The number of hydrogen-bond donors (Lipinski definition) is 0. The maximum absolute atomic E-state index is 12.9. The smallest absolute Gasteiger partial charge is 0.306 e. The minimum absolute atomic E-state index is 0.0707. The van der Waals surface area contributed by atoms with Crippen LogP contribution in [0.3, 0.4) is 0 Å². The Labute approximate surface area is 472 Å². The summed E-state index contributed by atoms with van der Waals surface area (Å²) < 4.78 is 16.9. The molecule has 0 aromatic heterocycles. The summed E-state index contributed by atoms with van der Waals surface area (Å²) in [6.07, 6.45) is 82.6. The molecule has 0 spiro atoms. The van der Waals surface area contributed by atoms with Gasteiger partial charge in [0.15, 0.2) is 6.10 Å². The van der Waals surface area contributed by atoms with Crippen molar-refractivity contribution < 1.29 is 28.6 Å². The summed E-state index contributed by atoms with van der Waals surface area (Å²) in [4.78, 5) is 38.2. The molecule has 1 atom stereocenters. The van der Waals surface area contributed by atoms with Crippen molar-refractivity contribution in [3.63, 3.8) is 0 Å². The largest absolute Gasteiger partial charge is 0.462 e. The lowest BCUT2D eigenvalue weighted by molar-refractivity contribution is -0.167. The Morgan fingerprint density at radius 1 is 0.276 bits per heavy atom. The van der Waals surface area contributed by atoms with E-state index in [9.17, 15) is 14.4 Å². The highest BCUT2D eigenvalue weighted by atomic mass is 16.6. The van der Waals surface area contributed by atoms with Crippen LogP contribution in [0.5, 0.6) is 0 Å². The molecule has 0 aromatic rings. The molecule has 0 bridgehead atoms. The average molecular weight is 1060 g/mol. The average Bonchev–Trinajstić information content (AvgIpc) is 3.42. The molecule has 0 saturated carbocycles. The third kappa shape index (κ3) is 62.0. The quantitative estimate of drug-likeness (QED) is 0.0261. The Morgan fingerprint density at radius 2 is 0.526 bits per heavy atom. The Balaban J connectivity index is 4.05. The summed E-state index contributed by atoms with van der Waals surface area (Å²) in [6, 6.07) is 0. The van der Waals surface area contributed by atoms with Gasteiger partial charge in [0.05, 0.1) is 0 Å². The third-order valence-electron chi connectivity index (χ3n) is 14.8. The Kier molecular flexibility index (Phi) is 62.2. The van der Waals surface area contributed by atoms with Crippen LogP contribution in [0.2, 0.25) is 0 Å². The highest BCUT2D eigenvalue weighted by molar-refractivity contribution is 5.71. The molecule has 1 unspecified atom stereocenters. The van der Waals surface area contributed by atoms with Gasteiger partial charge in [0.25, 0.3) is 0 Å². The zero-order valence-corrected chi connectivity index (χ0v) is 50.8. The molecule has 0 fully saturated rings. The Morgan fingerprint density at radius 3 is 0.855 bits per heavy atom. The molecule has 6 heteroatoms.